The highest BCUT2D eigenvalue weighted by Gasteiger charge is 2.10. The van der Waals surface area contributed by atoms with Crippen molar-refractivity contribution >= 4 is 23.2 Å². The molecule has 0 saturated heterocycles. The second kappa shape index (κ2) is 6.93. The molecule has 0 aliphatic heterocycles. The Morgan fingerprint density at radius 2 is 2.05 bits per heavy atom. The van der Waals surface area contributed by atoms with Crippen molar-refractivity contribution in [2.24, 2.45) is 0 Å². The van der Waals surface area contributed by atoms with E-state index in [-0.39, 0.29) is 6.04 Å². The number of aromatic nitrogens is 1. The Hall–Kier alpha value is -1.29. The van der Waals surface area contributed by atoms with E-state index in [0.717, 1.165) is 12.1 Å². The first-order chi connectivity index (χ1) is 9.65. The summed E-state index contributed by atoms with van der Waals surface area (Å²) in [6.07, 6.45) is 2.66. The van der Waals surface area contributed by atoms with E-state index in [1.54, 1.807) is 24.4 Å². The maximum Gasteiger partial charge on any atom is 0.147 e. The third kappa shape index (κ3) is 3.42. The van der Waals surface area contributed by atoms with Crippen LogP contribution in [0.25, 0.3) is 0 Å². The van der Waals surface area contributed by atoms with Crippen molar-refractivity contribution < 1.29 is 4.74 Å². The Morgan fingerprint density at radius 1 is 1.25 bits per heavy atom. The van der Waals surface area contributed by atoms with Gasteiger partial charge in [-0.25, -0.2) is 0 Å². The van der Waals surface area contributed by atoms with Gasteiger partial charge in [0.2, 0.25) is 0 Å². The second-order valence-corrected chi connectivity index (χ2v) is 5.11. The Bertz CT molecular complexity index is 569. The summed E-state index contributed by atoms with van der Waals surface area (Å²) in [5, 5.41) is 4.08. The van der Waals surface area contributed by atoms with Gasteiger partial charge in [-0.1, -0.05) is 36.2 Å². The van der Waals surface area contributed by atoms with Crippen LogP contribution in [0.15, 0.2) is 36.5 Å². The van der Waals surface area contributed by atoms with Crippen LogP contribution in [0.4, 0.5) is 0 Å². The average molecular weight is 311 g/mol. The SMILES string of the molecule is CCC(NC)c1ccc(Oc2cccc(Cl)c2Cl)cn1. The Labute approximate surface area is 128 Å². The molecule has 0 spiro atoms. The summed E-state index contributed by atoms with van der Waals surface area (Å²) < 4.78 is 5.69. The van der Waals surface area contributed by atoms with Gasteiger partial charge >= 0.3 is 0 Å². The Kier molecular flexibility index (Phi) is 5.24. The molecule has 2 rings (SSSR count). The van der Waals surface area contributed by atoms with Gasteiger partial charge in [0, 0.05) is 6.04 Å². The molecule has 3 nitrogen and oxygen atoms in total. The summed E-state index contributed by atoms with van der Waals surface area (Å²) in [5.74, 6) is 1.15. The van der Waals surface area contributed by atoms with Crippen molar-refractivity contribution in [1.29, 1.82) is 0 Å². The summed E-state index contributed by atoms with van der Waals surface area (Å²) in [6.45, 7) is 2.11. The van der Waals surface area contributed by atoms with Gasteiger partial charge in [0.1, 0.15) is 16.5 Å². The van der Waals surface area contributed by atoms with Gasteiger partial charge < -0.3 is 10.1 Å². The van der Waals surface area contributed by atoms with E-state index in [1.807, 2.05) is 19.2 Å². The molecule has 0 aliphatic rings. The van der Waals surface area contributed by atoms with Crippen molar-refractivity contribution in [3.05, 3.63) is 52.3 Å². The summed E-state index contributed by atoms with van der Waals surface area (Å²) in [5.41, 5.74) is 0.986. The highest BCUT2D eigenvalue weighted by Crippen LogP contribution is 2.34. The predicted octanol–water partition coefficient (Wildman–Crippen LogP) is 4.85. The number of benzene rings is 1. The summed E-state index contributed by atoms with van der Waals surface area (Å²) in [7, 11) is 1.92. The van der Waals surface area contributed by atoms with E-state index >= 15 is 0 Å². The number of nitrogens with zero attached hydrogens (tertiary/aromatic N) is 1. The molecule has 0 bridgehead atoms. The van der Waals surface area contributed by atoms with Crippen LogP contribution in [0.3, 0.4) is 0 Å². The number of pyridine rings is 1. The van der Waals surface area contributed by atoms with Crippen LogP contribution < -0.4 is 10.1 Å². The number of ether oxygens (including phenoxy) is 1. The van der Waals surface area contributed by atoms with Gasteiger partial charge in [0.25, 0.3) is 0 Å². The van der Waals surface area contributed by atoms with Gasteiger partial charge in [-0.15, -0.1) is 0 Å². The lowest BCUT2D eigenvalue weighted by Crippen LogP contribution is -2.16. The minimum atomic E-state index is 0.249. The van der Waals surface area contributed by atoms with Crippen LogP contribution in [0, 0.1) is 0 Å². The zero-order chi connectivity index (χ0) is 14.5. The standard InChI is InChI=1S/C15H16Cl2N2O/c1-3-12(18-2)13-8-7-10(9-19-13)20-14-6-4-5-11(16)15(14)17/h4-9,12,18H,3H2,1-2H3. The molecule has 1 aromatic carbocycles. The summed E-state index contributed by atoms with van der Waals surface area (Å²) in [4.78, 5) is 4.41. The first-order valence-electron chi connectivity index (χ1n) is 6.40. The molecule has 1 aromatic heterocycles. The molecule has 0 amide bonds. The lowest BCUT2D eigenvalue weighted by molar-refractivity contribution is 0.477. The monoisotopic (exact) mass is 310 g/mol. The molecular formula is C15H16Cl2N2O. The summed E-state index contributed by atoms with van der Waals surface area (Å²) >= 11 is 12.0. The smallest absolute Gasteiger partial charge is 0.147 e. The van der Waals surface area contributed by atoms with Crippen LogP contribution in [-0.4, -0.2) is 12.0 Å². The lowest BCUT2D eigenvalue weighted by Gasteiger charge is -2.14. The van der Waals surface area contributed by atoms with Gasteiger partial charge in [-0.3, -0.25) is 4.98 Å². The first kappa shape index (κ1) is 15.1. The van der Waals surface area contributed by atoms with E-state index in [0.29, 0.717) is 21.5 Å². The third-order valence-corrected chi connectivity index (χ3v) is 3.82. The number of hydrogen-bond acceptors (Lipinski definition) is 3. The van der Waals surface area contributed by atoms with Crippen molar-refractivity contribution in [2.75, 3.05) is 7.05 Å². The highest BCUT2D eigenvalue weighted by molar-refractivity contribution is 6.42. The van der Waals surface area contributed by atoms with E-state index < -0.39 is 0 Å². The number of rotatable bonds is 5. The maximum absolute atomic E-state index is 6.08. The molecule has 0 fully saturated rings. The molecule has 1 unspecified atom stereocenters. The van der Waals surface area contributed by atoms with Gasteiger partial charge in [0.15, 0.2) is 0 Å². The Balaban J connectivity index is 2.17. The molecule has 0 saturated carbocycles. The number of nitrogens with one attached hydrogen (secondary N) is 1. The fraction of sp³-hybridized carbons (Fsp3) is 0.267. The summed E-state index contributed by atoms with van der Waals surface area (Å²) in [6, 6.07) is 9.35. The van der Waals surface area contributed by atoms with Crippen molar-refractivity contribution in [2.45, 2.75) is 19.4 Å². The van der Waals surface area contributed by atoms with E-state index in [9.17, 15) is 0 Å². The topological polar surface area (TPSA) is 34.1 Å². The molecule has 0 radical (unpaired) electrons. The number of hydrogen-bond donors (Lipinski definition) is 1. The minimum absolute atomic E-state index is 0.249. The average Bonchev–Trinajstić information content (AvgIpc) is 2.47. The fourth-order valence-electron chi connectivity index (χ4n) is 1.91. The zero-order valence-corrected chi connectivity index (χ0v) is 12.9. The van der Waals surface area contributed by atoms with Crippen LogP contribution in [0.1, 0.15) is 25.1 Å². The minimum Gasteiger partial charge on any atom is -0.454 e. The normalized spacial score (nSPS) is 12.2. The number of halogens is 2. The predicted molar refractivity (Wildman–Crippen MR) is 82.9 cm³/mol. The van der Waals surface area contributed by atoms with Crippen LogP contribution in [0.2, 0.25) is 10.0 Å². The van der Waals surface area contributed by atoms with Gasteiger partial charge in [0.05, 0.1) is 16.9 Å². The lowest BCUT2D eigenvalue weighted by atomic mass is 10.1. The molecule has 5 heteroatoms. The fourth-order valence-corrected chi connectivity index (χ4v) is 2.24. The van der Waals surface area contributed by atoms with E-state index in [2.05, 4.69) is 17.2 Å². The van der Waals surface area contributed by atoms with Crippen LogP contribution in [0.5, 0.6) is 11.5 Å². The molecule has 1 heterocycles. The molecular weight excluding hydrogens is 295 g/mol. The zero-order valence-electron chi connectivity index (χ0n) is 11.4. The van der Waals surface area contributed by atoms with Crippen LogP contribution >= 0.6 is 23.2 Å². The molecule has 1 N–H and O–H groups in total. The third-order valence-electron chi connectivity index (χ3n) is 3.02. The molecule has 2 aromatic rings. The van der Waals surface area contributed by atoms with Gasteiger partial charge in [-0.2, -0.15) is 0 Å². The maximum atomic E-state index is 6.08. The van der Waals surface area contributed by atoms with Crippen LogP contribution in [-0.2, 0) is 0 Å². The van der Waals surface area contributed by atoms with Crippen molar-refractivity contribution in [3.8, 4) is 11.5 Å². The molecule has 20 heavy (non-hydrogen) atoms. The van der Waals surface area contributed by atoms with E-state index in [4.69, 9.17) is 27.9 Å². The first-order valence-corrected chi connectivity index (χ1v) is 7.16. The molecule has 106 valence electrons. The quantitative estimate of drug-likeness (QED) is 0.857. The largest absolute Gasteiger partial charge is 0.454 e. The Morgan fingerprint density at radius 3 is 2.65 bits per heavy atom. The highest BCUT2D eigenvalue weighted by atomic mass is 35.5. The van der Waals surface area contributed by atoms with E-state index in [1.165, 1.54) is 0 Å². The molecule has 1 atom stereocenters. The van der Waals surface area contributed by atoms with Crippen molar-refractivity contribution in [1.82, 2.24) is 10.3 Å². The second-order valence-electron chi connectivity index (χ2n) is 4.32. The van der Waals surface area contributed by atoms with Crippen molar-refractivity contribution in [3.63, 3.8) is 0 Å². The van der Waals surface area contributed by atoms with Gasteiger partial charge in [-0.05, 0) is 37.7 Å². The molecule has 0 aliphatic carbocycles.